The molecule has 0 saturated carbocycles. The summed E-state index contributed by atoms with van der Waals surface area (Å²) in [6.45, 7) is 4.19. The minimum atomic E-state index is -1.48. The van der Waals surface area contributed by atoms with Gasteiger partial charge in [0.1, 0.15) is 24.4 Å². The SMILES string of the molecule is CCCCCCCCCCCCCCCCCCCCCCCC(=O)N[C@H](CCCCCCCCCCCCCCCC)CO[C@H]1O[C@H](CO)[C@H](O)[C@H](O)[C@H]1O. The van der Waals surface area contributed by atoms with Crippen LogP contribution in [0.4, 0.5) is 0 Å². The number of amides is 1. The van der Waals surface area contributed by atoms with Gasteiger partial charge in [0.15, 0.2) is 6.29 Å². The first-order valence-electron chi connectivity index (χ1n) is 24.7. The summed E-state index contributed by atoms with van der Waals surface area (Å²) in [4.78, 5) is 13.0. The maximum atomic E-state index is 13.0. The molecule has 1 saturated heterocycles. The van der Waals surface area contributed by atoms with E-state index in [1.54, 1.807) is 0 Å². The maximum absolute atomic E-state index is 13.0. The van der Waals surface area contributed by atoms with Crippen molar-refractivity contribution in [2.75, 3.05) is 13.2 Å². The highest BCUT2D eigenvalue weighted by Gasteiger charge is 2.44. The molecule has 0 aromatic carbocycles. The molecule has 5 N–H and O–H groups in total. The van der Waals surface area contributed by atoms with Crippen LogP contribution in [0.2, 0.25) is 0 Å². The van der Waals surface area contributed by atoms with Gasteiger partial charge in [-0.25, -0.2) is 0 Å². The number of unbranched alkanes of at least 4 members (excludes halogenated alkanes) is 33. The predicted molar refractivity (Wildman–Crippen MR) is 234 cm³/mol. The predicted octanol–water partition coefficient (Wildman–Crippen LogP) is 11.8. The number of hydrogen-bond acceptors (Lipinski definition) is 7. The van der Waals surface area contributed by atoms with Crippen LogP contribution in [0, 0.1) is 0 Å². The first-order valence-corrected chi connectivity index (χ1v) is 24.7. The van der Waals surface area contributed by atoms with Crippen molar-refractivity contribution in [1.29, 1.82) is 0 Å². The van der Waals surface area contributed by atoms with Gasteiger partial charge in [0.2, 0.25) is 5.91 Å². The molecule has 6 atom stereocenters. The van der Waals surface area contributed by atoms with Crippen LogP contribution >= 0.6 is 0 Å². The fourth-order valence-corrected chi connectivity index (χ4v) is 8.22. The van der Waals surface area contributed by atoms with Gasteiger partial charge in [-0.2, -0.15) is 0 Å². The van der Waals surface area contributed by atoms with Gasteiger partial charge in [-0.05, 0) is 12.8 Å². The first kappa shape index (κ1) is 53.2. The van der Waals surface area contributed by atoms with Gasteiger partial charge >= 0.3 is 0 Å². The molecule has 0 aromatic rings. The van der Waals surface area contributed by atoms with Crippen molar-refractivity contribution in [3.8, 4) is 0 Å². The smallest absolute Gasteiger partial charge is 0.220 e. The Morgan fingerprint density at radius 2 is 0.839 bits per heavy atom. The summed E-state index contributed by atoms with van der Waals surface area (Å²) in [7, 11) is 0. The quantitative estimate of drug-likeness (QED) is 0.0389. The number of hydrogen-bond donors (Lipinski definition) is 5. The molecule has 0 unspecified atom stereocenters. The Labute approximate surface area is 346 Å². The van der Waals surface area contributed by atoms with Crippen LogP contribution < -0.4 is 5.32 Å². The van der Waals surface area contributed by atoms with E-state index in [1.807, 2.05) is 0 Å². The van der Waals surface area contributed by atoms with Gasteiger partial charge in [-0.15, -0.1) is 0 Å². The highest BCUT2D eigenvalue weighted by atomic mass is 16.7. The van der Waals surface area contributed by atoms with E-state index in [2.05, 4.69) is 19.2 Å². The zero-order valence-corrected chi connectivity index (χ0v) is 37.1. The lowest BCUT2D eigenvalue weighted by Gasteiger charge is -2.40. The van der Waals surface area contributed by atoms with E-state index in [4.69, 9.17) is 9.47 Å². The molecule has 8 nitrogen and oxygen atoms in total. The second-order valence-corrected chi connectivity index (χ2v) is 17.5. The Kier molecular flexibility index (Phi) is 37.7. The average Bonchev–Trinajstić information content (AvgIpc) is 3.20. The zero-order chi connectivity index (χ0) is 40.7. The highest BCUT2D eigenvalue weighted by molar-refractivity contribution is 5.76. The van der Waals surface area contributed by atoms with Crippen LogP contribution in [0.25, 0.3) is 0 Å². The maximum Gasteiger partial charge on any atom is 0.220 e. The van der Waals surface area contributed by atoms with E-state index in [9.17, 15) is 25.2 Å². The van der Waals surface area contributed by atoms with Crippen molar-refractivity contribution >= 4 is 5.91 Å². The first-order chi connectivity index (χ1) is 27.4. The second-order valence-electron chi connectivity index (χ2n) is 17.5. The molecular formula is C48H95NO7. The van der Waals surface area contributed by atoms with Gasteiger partial charge in [0.05, 0.1) is 19.3 Å². The van der Waals surface area contributed by atoms with Crippen molar-refractivity contribution in [3.63, 3.8) is 0 Å². The molecule has 0 aliphatic carbocycles. The van der Waals surface area contributed by atoms with Gasteiger partial charge in [0.25, 0.3) is 0 Å². The van der Waals surface area contributed by atoms with E-state index >= 15 is 0 Å². The number of carbonyl (C=O) groups is 1. The van der Waals surface area contributed by atoms with E-state index in [0.717, 1.165) is 32.1 Å². The number of ether oxygens (including phenoxy) is 2. The van der Waals surface area contributed by atoms with E-state index < -0.39 is 37.3 Å². The molecule has 334 valence electrons. The van der Waals surface area contributed by atoms with Crippen LogP contribution in [0.5, 0.6) is 0 Å². The zero-order valence-electron chi connectivity index (χ0n) is 37.1. The largest absolute Gasteiger partial charge is 0.394 e. The summed E-state index contributed by atoms with van der Waals surface area (Å²) in [5, 5.41) is 43.4. The van der Waals surface area contributed by atoms with Crippen LogP contribution in [-0.2, 0) is 14.3 Å². The van der Waals surface area contributed by atoms with Gasteiger partial charge in [0, 0.05) is 6.42 Å². The fourth-order valence-electron chi connectivity index (χ4n) is 8.22. The Bertz CT molecular complexity index is 829. The Balaban J connectivity index is 2.18. The van der Waals surface area contributed by atoms with Crippen LogP contribution in [0.1, 0.15) is 251 Å². The normalized spacial score (nSPS) is 20.4. The summed E-state index contributed by atoms with van der Waals surface area (Å²) in [6, 6.07) is -0.234. The number of rotatable bonds is 42. The summed E-state index contributed by atoms with van der Waals surface area (Å²) >= 11 is 0. The van der Waals surface area contributed by atoms with Gasteiger partial charge in [-0.3, -0.25) is 4.79 Å². The van der Waals surface area contributed by atoms with Gasteiger partial charge < -0.3 is 35.2 Å². The molecule has 1 fully saturated rings. The lowest BCUT2D eigenvalue weighted by molar-refractivity contribution is -0.302. The van der Waals surface area contributed by atoms with Crippen molar-refractivity contribution in [3.05, 3.63) is 0 Å². The molecular weight excluding hydrogens is 703 g/mol. The van der Waals surface area contributed by atoms with Crippen molar-refractivity contribution < 1.29 is 34.7 Å². The Morgan fingerprint density at radius 3 is 1.20 bits per heavy atom. The Morgan fingerprint density at radius 1 is 0.500 bits per heavy atom. The van der Waals surface area contributed by atoms with E-state index in [-0.39, 0.29) is 18.6 Å². The van der Waals surface area contributed by atoms with E-state index in [1.165, 1.54) is 199 Å². The third-order valence-electron chi connectivity index (χ3n) is 12.1. The number of carbonyl (C=O) groups excluding carboxylic acids is 1. The molecule has 56 heavy (non-hydrogen) atoms. The monoisotopic (exact) mass is 798 g/mol. The molecule has 1 rings (SSSR count). The van der Waals surface area contributed by atoms with Crippen LogP contribution in [0.3, 0.4) is 0 Å². The second kappa shape index (κ2) is 39.7. The van der Waals surface area contributed by atoms with Crippen LogP contribution in [-0.4, -0.2) is 76.3 Å². The molecule has 0 spiro atoms. The third kappa shape index (κ3) is 30.3. The minimum Gasteiger partial charge on any atom is -0.394 e. The van der Waals surface area contributed by atoms with Crippen molar-refractivity contribution in [1.82, 2.24) is 5.32 Å². The lowest BCUT2D eigenvalue weighted by Crippen LogP contribution is -2.59. The van der Waals surface area contributed by atoms with Crippen molar-refractivity contribution in [2.24, 2.45) is 0 Å². The third-order valence-corrected chi connectivity index (χ3v) is 12.1. The summed E-state index contributed by atoms with van der Waals surface area (Å²) in [5.74, 6) is 0.0237. The van der Waals surface area contributed by atoms with Crippen LogP contribution in [0.15, 0.2) is 0 Å². The number of nitrogens with one attached hydrogen (secondary N) is 1. The molecule has 0 bridgehead atoms. The molecule has 0 aromatic heterocycles. The molecule has 1 aliphatic rings. The molecule has 0 radical (unpaired) electrons. The summed E-state index contributed by atoms with van der Waals surface area (Å²) in [5.41, 5.74) is 0. The minimum absolute atomic E-state index is 0.0237. The number of aliphatic hydroxyl groups is 4. The lowest BCUT2D eigenvalue weighted by atomic mass is 9.99. The standard InChI is InChI=1S/C48H95NO7/c1-3-5-7-9-11-13-15-17-19-20-21-22-23-24-25-27-29-31-33-35-37-39-44(51)49-42(41-55-48-47(54)46(53)45(52)43(40-50)56-48)38-36-34-32-30-28-26-18-16-14-12-10-8-6-4-2/h42-43,45-48,50,52-54H,3-41H2,1-2H3,(H,49,51)/t42-,43-,45+,46+,47-,48+/m1/s1. The highest BCUT2D eigenvalue weighted by Crippen LogP contribution is 2.23. The fraction of sp³-hybridized carbons (Fsp3) is 0.979. The topological polar surface area (TPSA) is 128 Å². The van der Waals surface area contributed by atoms with E-state index in [0.29, 0.717) is 6.42 Å². The Hall–Kier alpha value is -0.770. The summed E-state index contributed by atoms with van der Waals surface area (Å²) in [6.07, 6.45) is 40.9. The number of aliphatic hydroxyl groups excluding tert-OH is 4. The van der Waals surface area contributed by atoms with Gasteiger partial charge in [-0.1, -0.05) is 232 Å². The molecule has 1 amide bonds. The molecule has 1 heterocycles. The molecule has 1 aliphatic heterocycles. The van der Waals surface area contributed by atoms with Crippen molar-refractivity contribution in [2.45, 2.75) is 288 Å². The summed E-state index contributed by atoms with van der Waals surface area (Å²) < 4.78 is 11.4. The average molecular weight is 798 g/mol. The molecule has 8 heteroatoms.